The van der Waals surface area contributed by atoms with E-state index in [1.807, 2.05) is 0 Å². The number of hydrogen-bond acceptors (Lipinski definition) is 4. The van der Waals surface area contributed by atoms with E-state index in [0.717, 1.165) is 10.9 Å². The highest BCUT2D eigenvalue weighted by molar-refractivity contribution is 7.13. The Morgan fingerprint density at radius 3 is 2.48 bits per heavy atom. The minimum absolute atomic E-state index is 0.0653. The number of alkyl halides is 3. The summed E-state index contributed by atoms with van der Waals surface area (Å²) in [7, 11) is 0. The zero-order valence-corrected chi connectivity index (χ0v) is 12.2. The molecule has 9 heteroatoms. The number of halogens is 3. The zero-order chi connectivity index (χ0) is 16.4. The van der Waals surface area contributed by atoms with E-state index in [1.54, 1.807) is 17.5 Å². The van der Waals surface area contributed by atoms with Crippen molar-refractivity contribution in [2.45, 2.75) is 6.18 Å². The highest BCUT2D eigenvalue weighted by atomic mass is 32.1. The first kappa shape index (κ1) is 15.2. The molecular weight excluding hydrogens is 329 g/mol. The maximum atomic E-state index is 12.9. The fourth-order valence-electron chi connectivity index (χ4n) is 1.95. The molecule has 0 aliphatic carbocycles. The predicted molar refractivity (Wildman–Crippen MR) is 80.3 cm³/mol. The third kappa shape index (κ3) is 3.09. The average molecular weight is 338 g/mol. The zero-order valence-electron chi connectivity index (χ0n) is 11.4. The number of azo groups is 1. The third-order valence-corrected chi connectivity index (χ3v) is 3.88. The Hall–Kier alpha value is -2.68. The number of nitrogens with one attached hydrogen (secondary N) is 2. The second-order valence-electron chi connectivity index (χ2n) is 4.49. The number of nitrogens with zero attached hydrogens (tertiary/aromatic N) is 2. The second-order valence-corrected chi connectivity index (χ2v) is 5.44. The molecule has 2 N–H and O–H groups in total. The number of aromatic amines is 2. The summed E-state index contributed by atoms with van der Waals surface area (Å²) in [6.07, 6.45) is -4.54. The van der Waals surface area contributed by atoms with Gasteiger partial charge in [-0.2, -0.15) is 13.2 Å². The topological polar surface area (TPSA) is 73.4 Å². The largest absolute Gasteiger partial charge is 0.418 e. The van der Waals surface area contributed by atoms with Crippen LogP contribution in [0.15, 0.2) is 56.8 Å². The molecule has 1 aromatic carbocycles. The molecule has 0 amide bonds. The van der Waals surface area contributed by atoms with E-state index in [9.17, 15) is 18.0 Å². The van der Waals surface area contributed by atoms with Crippen LogP contribution in [0.4, 0.5) is 24.5 Å². The first-order chi connectivity index (χ1) is 11.0. The van der Waals surface area contributed by atoms with Crippen molar-refractivity contribution in [1.82, 2.24) is 10.2 Å². The maximum absolute atomic E-state index is 12.9. The smallest absolute Gasteiger partial charge is 0.294 e. The van der Waals surface area contributed by atoms with Gasteiger partial charge in [0.15, 0.2) is 5.69 Å². The molecule has 2 heterocycles. The molecule has 0 atom stereocenters. The van der Waals surface area contributed by atoms with Gasteiger partial charge < -0.3 is 0 Å². The van der Waals surface area contributed by atoms with Crippen molar-refractivity contribution >= 4 is 22.7 Å². The Morgan fingerprint density at radius 1 is 1.00 bits per heavy atom. The van der Waals surface area contributed by atoms with E-state index in [4.69, 9.17) is 0 Å². The molecule has 0 saturated heterocycles. The van der Waals surface area contributed by atoms with Crippen molar-refractivity contribution in [2.24, 2.45) is 10.2 Å². The Labute approximate surface area is 131 Å². The number of H-pyrrole nitrogens is 2. The number of hydrogen-bond donors (Lipinski definition) is 2. The van der Waals surface area contributed by atoms with Gasteiger partial charge >= 0.3 is 6.18 Å². The summed E-state index contributed by atoms with van der Waals surface area (Å²) >= 11 is 1.36. The molecule has 5 nitrogen and oxygen atoms in total. The van der Waals surface area contributed by atoms with Gasteiger partial charge in [-0.3, -0.25) is 15.0 Å². The second kappa shape index (κ2) is 5.84. The minimum atomic E-state index is -4.54. The number of rotatable bonds is 3. The van der Waals surface area contributed by atoms with Crippen LogP contribution in [0.2, 0.25) is 0 Å². The van der Waals surface area contributed by atoms with E-state index in [1.165, 1.54) is 29.5 Å². The molecule has 0 bridgehead atoms. The van der Waals surface area contributed by atoms with Gasteiger partial charge in [-0.05, 0) is 23.6 Å². The minimum Gasteiger partial charge on any atom is -0.294 e. The third-order valence-electron chi connectivity index (χ3n) is 2.99. The van der Waals surface area contributed by atoms with Gasteiger partial charge in [0.1, 0.15) is 5.69 Å². The van der Waals surface area contributed by atoms with E-state index < -0.39 is 17.3 Å². The van der Waals surface area contributed by atoms with Crippen LogP contribution < -0.4 is 5.56 Å². The van der Waals surface area contributed by atoms with Crippen LogP contribution in [0.3, 0.4) is 0 Å². The standard InChI is InChI=1S/C14H9F3N4OS/c15-14(16,17)8-4-1-2-5-9(8)18-20-12-11(19-21-13(12)22)10-6-3-7-23-10/h1-7H,(H2,19,21,22). The summed E-state index contributed by atoms with van der Waals surface area (Å²) in [4.78, 5) is 12.5. The Morgan fingerprint density at radius 2 is 1.78 bits per heavy atom. The highest BCUT2D eigenvalue weighted by Gasteiger charge is 2.33. The lowest BCUT2D eigenvalue weighted by Crippen LogP contribution is -2.04. The fourth-order valence-corrected chi connectivity index (χ4v) is 2.68. The molecule has 0 fully saturated rings. The Bertz CT molecular complexity index is 893. The van der Waals surface area contributed by atoms with Crippen molar-refractivity contribution in [2.75, 3.05) is 0 Å². The molecule has 23 heavy (non-hydrogen) atoms. The Kier molecular flexibility index (Phi) is 3.87. The first-order valence-corrected chi connectivity index (χ1v) is 7.27. The van der Waals surface area contributed by atoms with Gasteiger partial charge in [-0.15, -0.1) is 21.6 Å². The normalized spacial score (nSPS) is 12.1. The van der Waals surface area contributed by atoms with Gasteiger partial charge in [0, 0.05) is 0 Å². The van der Waals surface area contributed by atoms with Crippen LogP contribution in [-0.2, 0) is 6.18 Å². The van der Waals surface area contributed by atoms with Crippen LogP contribution in [-0.4, -0.2) is 10.2 Å². The lowest BCUT2D eigenvalue weighted by Gasteiger charge is -2.08. The molecule has 2 aromatic heterocycles. The molecule has 0 radical (unpaired) electrons. The van der Waals surface area contributed by atoms with Crippen molar-refractivity contribution in [3.63, 3.8) is 0 Å². The van der Waals surface area contributed by atoms with Crippen LogP contribution in [0, 0.1) is 0 Å². The maximum Gasteiger partial charge on any atom is 0.418 e. The van der Waals surface area contributed by atoms with Gasteiger partial charge in [0.05, 0.1) is 16.1 Å². The monoisotopic (exact) mass is 338 g/mol. The molecule has 0 saturated carbocycles. The van der Waals surface area contributed by atoms with Crippen LogP contribution in [0.25, 0.3) is 10.6 Å². The SMILES string of the molecule is O=c1[nH][nH]c(-c2cccs2)c1N=Nc1ccccc1C(F)(F)F. The number of benzene rings is 1. The van der Waals surface area contributed by atoms with E-state index in [-0.39, 0.29) is 11.4 Å². The van der Waals surface area contributed by atoms with Gasteiger partial charge in [0.2, 0.25) is 0 Å². The van der Waals surface area contributed by atoms with Gasteiger partial charge in [0.25, 0.3) is 5.56 Å². The molecule has 0 unspecified atom stereocenters. The summed E-state index contributed by atoms with van der Waals surface area (Å²) < 4.78 is 38.8. The van der Waals surface area contributed by atoms with Crippen molar-refractivity contribution < 1.29 is 13.2 Å². The van der Waals surface area contributed by atoms with Crippen molar-refractivity contribution in [3.05, 3.63) is 57.7 Å². The molecule has 3 aromatic rings. The van der Waals surface area contributed by atoms with Crippen LogP contribution >= 0.6 is 11.3 Å². The number of thiophene rings is 1. The lowest BCUT2D eigenvalue weighted by atomic mass is 10.2. The molecule has 0 spiro atoms. The van der Waals surface area contributed by atoms with Crippen LogP contribution in [0.5, 0.6) is 0 Å². The summed E-state index contributed by atoms with van der Waals surface area (Å²) in [5.74, 6) is 0. The highest BCUT2D eigenvalue weighted by Crippen LogP contribution is 2.37. The lowest BCUT2D eigenvalue weighted by molar-refractivity contribution is -0.137. The van der Waals surface area contributed by atoms with Gasteiger partial charge in [-0.25, -0.2) is 0 Å². The van der Waals surface area contributed by atoms with E-state index in [0.29, 0.717) is 5.69 Å². The summed E-state index contributed by atoms with van der Waals surface area (Å²) in [5, 5.41) is 14.2. The molecular formula is C14H9F3N4OS. The molecule has 118 valence electrons. The summed E-state index contributed by atoms with van der Waals surface area (Å²) in [6, 6.07) is 8.33. The van der Waals surface area contributed by atoms with Gasteiger partial charge in [-0.1, -0.05) is 18.2 Å². The van der Waals surface area contributed by atoms with E-state index >= 15 is 0 Å². The number of aromatic nitrogens is 2. The summed E-state index contributed by atoms with van der Waals surface area (Å²) in [5.41, 5.74) is -1.49. The average Bonchev–Trinajstić information content (AvgIpc) is 3.14. The molecule has 3 rings (SSSR count). The molecule has 0 aliphatic rings. The first-order valence-electron chi connectivity index (χ1n) is 6.39. The summed E-state index contributed by atoms with van der Waals surface area (Å²) in [6.45, 7) is 0. The van der Waals surface area contributed by atoms with E-state index in [2.05, 4.69) is 20.4 Å². The predicted octanol–water partition coefficient (Wildman–Crippen LogP) is 4.87. The van der Waals surface area contributed by atoms with Crippen molar-refractivity contribution in [3.8, 4) is 10.6 Å². The molecule has 0 aliphatic heterocycles. The van der Waals surface area contributed by atoms with Crippen molar-refractivity contribution in [1.29, 1.82) is 0 Å². The quantitative estimate of drug-likeness (QED) is 0.657. The Balaban J connectivity index is 2.03. The van der Waals surface area contributed by atoms with Crippen LogP contribution in [0.1, 0.15) is 5.56 Å². The fraction of sp³-hybridized carbons (Fsp3) is 0.0714.